The van der Waals surface area contributed by atoms with Crippen molar-refractivity contribution in [3.63, 3.8) is 0 Å². The third-order valence-corrected chi connectivity index (χ3v) is 2.72. The van der Waals surface area contributed by atoms with Crippen molar-refractivity contribution < 1.29 is 19.0 Å². The van der Waals surface area contributed by atoms with E-state index in [4.69, 9.17) is 9.47 Å². The zero-order valence-electron chi connectivity index (χ0n) is 9.85. The Hall–Kier alpha value is -1.55. The van der Waals surface area contributed by atoms with Crippen molar-refractivity contribution in [2.45, 2.75) is 18.9 Å². The Balaban J connectivity index is 2.06. The first-order valence-electron chi connectivity index (χ1n) is 5.68. The van der Waals surface area contributed by atoms with Gasteiger partial charge in [0.2, 0.25) is 0 Å². The van der Waals surface area contributed by atoms with Gasteiger partial charge in [0, 0.05) is 12.0 Å². The van der Waals surface area contributed by atoms with Gasteiger partial charge in [-0.05, 0) is 6.07 Å². The van der Waals surface area contributed by atoms with Crippen LogP contribution in [0.2, 0.25) is 0 Å². The van der Waals surface area contributed by atoms with E-state index in [2.05, 4.69) is 4.74 Å². The van der Waals surface area contributed by atoms with E-state index in [1.807, 2.05) is 24.3 Å². The van der Waals surface area contributed by atoms with E-state index >= 15 is 0 Å². The maximum absolute atomic E-state index is 11.3. The second-order valence-electron chi connectivity index (χ2n) is 3.96. The van der Waals surface area contributed by atoms with Crippen LogP contribution in [0.3, 0.4) is 0 Å². The summed E-state index contributed by atoms with van der Waals surface area (Å²) in [5.74, 6) is 0.483. The maximum atomic E-state index is 11.3. The molecule has 0 saturated carbocycles. The van der Waals surface area contributed by atoms with Crippen molar-refractivity contribution in [1.82, 2.24) is 0 Å². The average molecular weight is 236 g/mol. The van der Waals surface area contributed by atoms with Gasteiger partial charge in [0.05, 0.1) is 26.7 Å². The van der Waals surface area contributed by atoms with Crippen LogP contribution in [0.5, 0.6) is 5.75 Å². The molecule has 1 atom stereocenters. The van der Waals surface area contributed by atoms with Crippen LogP contribution in [0.15, 0.2) is 24.3 Å². The third kappa shape index (κ3) is 3.20. The Morgan fingerprint density at radius 2 is 2.29 bits per heavy atom. The summed E-state index contributed by atoms with van der Waals surface area (Å²) in [5.41, 5.74) is 0.853. The third-order valence-electron chi connectivity index (χ3n) is 2.72. The van der Waals surface area contributed by atoms with Gasteiger partial charge in [-0.25, -0.2) is 0 Å². The molecular weight excluding hydrogens is 220 g/mol. The molecule has 4 nitrogen and oxygen atoms in total. The Bertz CT molecular complexity index is 383. The summed E-state index contributed by atoms with van der Waals surface area (Å²) in [6.45, 7) is 1.36. The van der Waals surface area contributed by atoms with E-state index < -0.39 is 0 Å². The van der Waals surface area contributed by atoms with Crippen molar-refractivity contribution in [2.24, 2.45) is 0 Å². The topological polar surface area (TPSA) is 44.8 Å². The van der Waals surface area contributed by atoms with Crippen LogP contribution in [0.4, 0.5) is 0 Å². The molecule has 4 heteroatoms. The predicted octanol–water partition coefficient (Wildman–Crippen LogP) is 1.57. The lowest BCUT2D eigenvalue weighted by Gasteiger charge is -2.14. The molecule has 0 radical (unpaired) electrons. The first-order chi connectivity index (χ1) is 8.29. The number of hydrogen-bond donors (Lipinski definition) is 0. The number of carbonyl (C=O) groups is 1. The number of esters is 1. The van der Waals surface area contributed by atoms with Crippen LogP contribution in [0.25, 0.3) is 0 Å². The van der Waals surface area contributed by atoms with Crippen molar-refractivity contribution >= 4 is 5.97 Å². The molecule has 1 fully saturated rings. The van der Waals surface area contributed by atoms with Crippen molar-refractivity contribution in [2.75, 3.05) is 20.3 Å². The summed E-state index contributed by atoms with van der Waals surface area (Å²) < 4.78 is 15.7. The van der Waals surface area contributed by atoms with Gasteiger partial charge in [0.25, 0.3) is 0 Å². The Morgan fingerprint density at radius 1 is 1.47 bits per heavy atom. The fourth-order valence-corrected chi connectivity index (χ4v) is 1.78. The van der Waals surface area contributed by atoms with Gasteiger partial charge < -0.3 is 14.2 Å². The molecule has 1 aromatic rings. The minimum Gasteiger partial charge on any atom is -0.488 e. The maximum Gasteiger partial charge on any atom is 0.310 e. The lowest BCUT2D eigenvalue weighted by molar-refractivity contribution is -0.139. The Kier molecular flexibility index (Phi) is 3.98. The smallest absolute Gasteiger partial charge is 0.310 e. The second-order valence-corrected chi connectivity index (χ2v) is 3.96. The molecule has 1 saturated heterocycles. The summed E-state index contributed by atoms with van der Waals surface area (Å²) in [6.07, 6.45) is 1.22. The molecule has 17 heavy (non-hydrogen) atoms. The fraction of sp³-hybridized carbons (Fsp3) is 0.462. The molecule has 2 rings (SSSR count). The minimum absolute atomic E-state index is 0.0915. The van der Waals surface area contributed by atoms with E-state index in [1.165, 1.54) is 7.11 Å². The summed E-state index contributed by atoms with van der Waals surface area (Å²) in [7, 11) is 1.39. The minimum atomic E-state index is -0.260. The van der Waals surface area contributed by atoms with Crippen LogP contribution < -0.4 is 4.74 Å². The molecule has 0 unspecified atom stereocenters. The number of carbonyl (C=O) groups excluding carboxylic acids is 1. The molecule has 0 N–H and O–H groups in total. The molecule has 1 aromatic carbocycles. The van der Waals surface area contributed by atoms with E-state index in [0.29, 0.717) is 6.61 Å². The van der Waals surface area contributed by atoms with Gasteiger partial charge >= 0.3 is 5.97 Å². The van der Waals surface area contributed by atoms with Crippen LogP contribution in [0, 0.1) is 0 Å². The molecule has 0 spiro atoms. The fourth-order valence-electron chi connectivity index (χ4n) is 1.78. The van der Waals surface area contributed by atoms with E-state index in [0.717, 1.165) is 24.3 Å². The number of rotatable bonds is 4. The summed E-state index contributed by atoms with van der Waals surface area (Å²) in [5, 5.41) is 0. The Labute approximate surface area is 100 Å². The second kappa shape index (κ2) is 5.68. The van der Waals surface area contributed by atoms with E-state index in [1.54, 1.807) is 0 Å². The molecule has 0 aromatic heterocycles. The van der Waals surface area contributed by atoms with Crippen molar-refractivity contribution in [1.29, 1.82) is 0 Å². The normalized spacial score (nSPS) is 19.0. The molecule has 92 valence electrons. The van der Waals surface area contributed by atoms with E-state index in [-0.39, 0.29) is 18.5 Å². The first kappa shape index (κ1) is 11.9. The number of ether oxygens (including phenoxy) is 3. The first-order valence-corrected chi connectivity index (χ1v) is 5.68. The highest BCUT2D eigenvalue weighted by Crippen LogP contribution is 2.22. The lowest BCUT2D eigenvalue weighted by Crippen LogP contribution is -2.17. The molecule has 1 heterocycles. The largest absolute Gasteiger partial charge is 0.488 e. The SMILES string of the molecule is COC(=O)Cc1ccccc1O[C@H]1CCOC1. The molecular formula is C13H16O4. The van der Waals surface area contributed by atoms with Crippen LogP contribution in [-0.2, 0) is 20.7 Å². The van der Waals surface area contributed by atoms with Crippen molar-refractivity contribution in [3.8, 4) is 5.75 Å². The highest BCUT2D eigenvalue weighted by Gasteiger charge is 2.19. The van der Waals surface area contributed by atoms with Gasteiger partial charge in [-0.3, -0.25) is 4.79 Å². The Morgan fingerprint density at radius 3 is 3.00 bits per heavy atom. The van der Waals surface area contributed by atoms with Gasteiger partial charge in [-0.2, -0.15) is 0 Å². The van der Waals surface area contributed by atoms with Crippen LogP contribution in [0.1, 0.15) is 12.0 Å². The lowest BCUT2D eigenvalue weighted by atomic mass is 10.1. The number of para-hydroxylation sites is 1. The zero-order valence-corrected chi connectivity index (χ0v) is 9.85. The number of hydrogen-bond acceptors (Lipinski definition) is 4. The highest BCUT2D eigenvalue weighted by atomic mass is 16.5. The summed E-state index contributed by atoms with van der Waals surface area (Å²) in [4.78, 5) is 11.3. The highest BCUT2D eigenvalue weighted by molar-refractivity contribution is 5.73. The standard InChI is InChI=1S/C13H16O4/c1-15-13(14)8-10-4-2-3-5-12(10)17-11-6-7-16-9-11/h2-5,11H,6-9H2,1H3/t11-/m0/s1. The quantitative estimate of drug-likeness (QED) is 0.744. The van der Waals surface area contributed by atoms with Crippen LogP contribution in [-0.4, -0.2) is 32.4 Å². The summed E-state index contributed by atoms with van der Waals surface area (Å²) >= 11 is 0. The molecule has 1 aliphatic rings. The van der Waals surface area contributed by atoms with Gasteiger partial charge in [0.15, 0.2) is 0 Å². The molecule has 0 bridgehead atoms. The van der Waals surface area contributed by atoms with Gasteiger partial charge in [-0.15, -0.1) is 0 Å². The van der Waals surface area contributed by atoms with Gasteiger partial charge in [-0.1, -0.05) is 18.2 Å². The van der Waals surface area contributed by atoms with Gasteiger partial charge in [0.1, 0.15) is 11.9 Å². The number of methoxy groups -OCH3 is 1. The number of benzene rings is 1. The monoisotopic (exact) mass is 236 g/mol. The van der Waals surface area contributed by atoms with Crippen LogP contribution >= 0.6 is 0 Å². The average Bonchev–Trinajstić information content (AvgIpc) is 2.84. The summed E-state index contributed by atoms with van der Waals surface area (Å²) in [6, 6.07) is 7.53. The molecule has 0 amide bonds. The molecule has 0 aliphatic carbocycles. The van der Waals surface area contributed by atoms with Crippen molar-refractivity contribution in [3.05, 3.63) is 29.8 Å². The van der Waals surface area contributed by atoms with E-state index in [9.17, 15) is 4.79 Å². The molecule has 1 aliphatic heterocycles. The zero-order chi connectivity index (χ0) is 12.1. The predicted molar refractivity (Wildman–Crippen MR) is 62.0 cm³/mol.